The number of likely N-dealkylation sites (tertiary alicyclic amines) is 1. The van der Waals surface area contributed by atoms with Crippen LogP contribution in [0, 0.1) is 11.3 Å². The molecule has 1 N–H and O–H groups in total. The molecule has 0 bridgehead atoms. The van der Waals surface area contributed by atoms with Gasteiger partial charge in [0, 0.05) is 51.9 Å². The Bertz CT molecular complexity index is 403. The van der Waals surface area contributed by atoms with Crippen LogP contribution in [0.2, 0.25) is 0 Å². The van der Waals surface area contributed by atoms with Gasteiger partial charge in [0.05, 0.1) is 5.92 Å². The molecule has 2 rings (SSSR count). The fourth-order valence-electron chi connectivity index (χ4n) is 3.40. The first-order valence-corrected chi connectivity index (χ1v) is 7.70. The molecule has 21 heavy (non-hydrogen) atoms. The van der Waals surface area contributed by atoms with Crippen LogP contribution < -0.4 is 5.32 Å². The second kappa shape index (κ2) is 6.22. The molecule has 6 nitrogen and oxygen atoms in total. The van der Waals surface area contributed by atoms with Crippen LogP contribution in [0.1, 0.15) is 26.7 Å². The van der Waals surface area contributed by atoms with Crippen molar-refractivity contribution in [1.29, 1.82) is 0 Å². The summed E-state index contributed by atoms with van der Waals surface area (Å²) in [6, 6.07) is 0.0386. The van der Waals surface area contributed by atoms with Gasteiger partial charge in [0.25, 0.3) is 0 Å². The Morgan fingerprint density at radius 2 is 1.90 bits per heavy atom. The third kappa shape index (κ3) is 3.31. The van der Waals surface area contributed by atoms with Crippen molar-refractivity contribution in [2.75, 3.05) is 40.4 Å². The van der Waals surface area contributed by atoms with Crippen molar-refractivity contribution >= 4 is 11.9 Å². The third-order valence-electron chi connectivity index (χ3n) is 4.57. The van der Waals surface area contributed by atoms with Gasteiger partial charge in [0.1, 0.15) is 0 Å². The molecule has 6 heteroatoms. The number of carbonyl (C=O) groups excluding carboxylic acids is 2. The first-order valence-electron chi connectivity index (χ1n) is 7.70. The van der Waals surface area contributed by atoms with Crippen molar-refractivity contribution in [3.05, 3.63) is 0 Å². The van der Waals surface area contributed by atoms with Crippen LogP contribution in [0.4, 0.5) is 4.79 Å². The number of amides is 3. The van der Waals surface area contributed by atoms with Gasteiger partial charge in [-0.2, -0.15) is 0 Å². The Kier molecular flexibility index (Phi) is 4.76. The summed E-state index contributed by atoms with van der Waals surface area (Å²) in [7, 11) is 3.57. The number of urea groups is 1. The summed E-state index contributed by atoms with van der Waals surface area (Å²) in [5, 5.41) is 2.93. The van der Waals surface area contributed by atoms with E-state index in [1.807, 2.05) is 13.8 Å². The van der Waals surface area contributed by atoms with Gasteiger partial charge in [-0.3, -0.25) is 4.79 Å². The quantitative estimate of drug-likeness (QED) is 0.824. The number of nitrogens with zero attached hydrogens (tertiary/aromatic N) is 2. The molecule has 0 saturated carbocycles. The van der Waals surface area contributed by atoms with Gasteiger partial charge in [-0.1, -0.05) is 0 Å². The lowest BCUT2D eigenvalue weighted by Gasteiger charge is -2.37. The SMILES string of the molecule is CC(C)NC(=O)N1CC(C(=O)N(C)C)C2(CCOCC2)C1. The van der Waals surface area contributed by atoms with Crippen molar-refractivity contribution in [3.63, 3.8) is 0 Å². The van der Waals surface area contributed by atoms with Crippen LogP contribution in [0.25, 0.3) is 0 Å². The lowest BCUT2D eigenvalue weighted by atomic mass is 9.71. The normalized spacial score (nSPS) is 24.4. The van der Waals surface area contributed by atoms with E-state index in [-0.39, 0.29) is 29.3 Å². The number of ether oxygens (including phenoxy) is 1. The van der Waals surface area contributed by atoms with Crippen LogP contribution >= 0.6 is 0 Å². The molecule has 1 atom stereocenters. The Morgan fingerprint density at radius 3 is 2.43 bits per heavy atom. The summed E-state index contributed by atoms with van der Waals surface area (Å²) in [5.74, 6) is 0.00561. The van der Waals surface area contributed by atoms with Crippen molar-refractivity contribution < 1.29 is 14.3 Å². The molecule has 0 radical (unpaired) electrons. The van der Waals surface area contributed by atoms with Gasteiger partial charge < -0.3 is 19.9 Å². The summed E-state index contributed by atoms with van der Waals surface area (Å²) in [5.41, 5.74) is -0.117. The van der Waals surface area contributed by atoms with Crippen molar-refractivity contribution in [3.8, 4) is 0 Å². The molecule has 2 aliphatic heterocycles. The topological polar surface area (TPSA) is 61.9 Å². The molecule has 2 heterocycles. The Balaban J connectivity index is 2.17. The highest BCUT2D eigenvalue weighted by atomic mass is 16.5. The molecule has 1 spiro atoms. The fourth-order valence-corrected chi connectivity index (χ4v) is 3.40. The number of hydrogen-bond acceptors (Lipinski definition) is 3. The van der Waals surface area contributed by atoms with Crippen molar-refractivity contribution in [2.45, 2.75) is 32.7 Å². The minimum absolute atomic E-state index is 0.0649. The zero-order valence-corrected chi connectivity index (χ0v) is 13.5. The summed E-state index contributed by atoms with van der Waals surface area (Å²) in [6.45, 7) is 6.41. The largest absolute Gasteiger partial charge is 0.381 e. The Morgan fingerprint density at radius 1 is 1.29 bits per heavy atom. The molecule has 2 saturated heterocycles. The molecule has 2 aliphatic rings. The zero-order chi connectivity index (χ0) is 15.6. The van der Waals surface area contributed by atoms with Crippen LogP contribution in [-0.4, -0.2) is 68.2 Å². The fraction of sp³-hybridized carbons (Fsp3) is 0.867. The maximum atomic E-state index is 12.5. The highest BCUT2D eigenvalue weighted by Crippen LogP contribution is 2.44. The van der Waals surface area contributed by atoms with Gasteiger partial charge in [-0.25, -0.2) is 4.79 Å². The average Bonchev–Trinajstić information content (AvgIpc) is 2.77. The minimum atomic E-state index is -0.117. The minimum Gasteiger partial charge on any atom is -0.381 e. The second-order valence-corrected chi connectivity index (χ2v) is 6.74. The molecule has 0 aromatic rings. The van der Waals surface area contributed by atoms with Crippen LogP contribution in [0.5, 0.6) is 0 Å². The summed E-state index contributed by atoms with van der Waals surface area (Å²) in [6.07, 6.45) is 1.70. The van der Waals surface area contributed by atoms with E-state index in [4.69, 9.17) is 4.74 Å². The lowest BCUT2D eigenvalue weighted by Crippen LogP contribution is -2.44. The maximum Gasteiger partial charge on any atom is 0.317 e. The second-order valence-electron chi connectivity index (χ2n) is 6.74. The highest BCUT2D eigenvalue weighted by Gasteiger charge is 2.52. The van der Waals surface area contributed by atoms with Crippen molar-refractivity contribution in [1.82, 2.24) is 15.1 Å². The van der Waals surface area contributed by atoms with Gasteiger partial charge in [-0.15, -0.1) is 0 Å². The van der Waals surface area contributed by atoms with E-state index < -0.39 is 0 Å². The smallest absolute Gasteiger partial charge is 0.317 e. The Labute approximate surface area is 126 Å². The molecule has 0 aliphatic carbocycles. The van der Waals surface area contributed by atoms with E-state index in [2.05, 4.69) is 5.32 Å². The summed E-state index contributed by atoms with van der Waals surface area (Å²) in [4.78, 5) is 28.3. The van der Waals surface area contributed by atoms with E-state index in [1.54, 1.807) is 23.9 Å². The van der Waals surface area contributed by atoms with E-state index >= 15 is 0 Å². The maximum absolute atomic E-state index is 12.5. The monoisotopic (exact) mass is 297 g/mol. The lowest BCUT2D eigenvalue weighted by molar-refractivity contribution is -0.138. The van der Waals surface area contributed by atoms with E-state index in [9.17, 15) is 9.59 Å². The molecule has 0 aromatic heterocycles. The van der Waals surface area contributed by atoms with Gasteiger partial charge in [0.2, 0.25) is 5.91 Å². The highest BCUT2D eigenvalue weighted by molar-refractivity contribution is 5.82. The van der Waals surface area contributed by atoms with Gasteiger partial charge in [0.15, 0.2) is 0 Å². The number of hydrogen-bond donors (Lipinski definition) is 1. The van der Waals surface area contributed by atoms with Crippen LogP contribution in [-0.2, 0) is 9.53 Å². The zero-order valence-electron chi connectivity index (χ0n) is 13.5. The van der Waals surface area contributed by atoms with Gasteiger partial charge in [-0.05, 0) is 26.7 Å². The van der Waals surface area contributed by atoms with Crippen LogP contribution in [0.15, 0.2) is 0 Å². The van der Waals surface area contributed by atoms with E-state index in [0.717, 1.165) is 12.8 Å². The molecular formula is C15H27N3O3. The summed E-state index contributed by atoms with van der Waals surface area (Å²) >= 11 is 0. The predicted molar refractivity (Wildman–Crippen MR) is 79.9 cm³/mol. The molecule has 0 aromatic carbocycles. The number of nitrogens with one attached hydrogen (secondary N) is 1. The molecule has 3 amide bonds. The molecule has 2 fully saturated rings. The molecular weight excluding hydrogens is 270 g/mol. The van der Waals surface area contributed by atoms with E-state index in [0.29, 0.717) is 26.3 Å². The molecule has 120 valence electrons. The Hall–Kier alpha value is -1.30. The number of rotatable bonds is 2. The summed E-state index contributed by atoms with van der Waals surface area (Å²) < 4.78 is 5.46. The standard InChI is InChI=1S/C15H27N3O3/c1-11(2)16-14(20)18-9-12(13(19)17(3)4)15(10-18)5-7-21-8-6-15/h11-12H,5-10H2,1-4H3,(H,16,20). The number of carbonyl (C=O) groups is 2. The first kappa shape index (κ1) is 16.1. The van der Waals surface area contributed by atoms with Crippen LogP contribution in [0.3, 0.4) is 0 Å². The third-order valence-corrected chi connectivity index (χ3v) is 4.57. The van der Waals surface area contributed by atoms with Gasteiger partial charge >= 0.3 is 6.03 Å². The van der Waals surface area contributed by atoms with E-state index in [1.165, 1.54) is 0 Å². The first-order chi connectivity index (χ1) is 9.85. The van der Waals surface area contributed by atoms with Crippen molar-refractivity contribution in [2.24, 2.45) is 11.3 Å². The molecule has 1 unspecified atom stereocenters. The predicted octanol–water partition coefficient (Wildman–Crippen LogP) is 0.921. The average molecular weight is 297 g/mol.